The molecule has 33 heavy (non-hydrogen) atoms. The molecule has 4 unspecified atom stereocenters. The fourth-order valence-electron chi connectivity index (χ4n) is 9.14. The first kappa shape index (κ1) is 24.7. The number of fused-ring (bicyclic) bond motifs is 5. The van der Waals surface area contributed by atoms with E-state index in [0.717, 1.165) is 51.4 Å². The molecule has 0 aromatic heterocycles. The van der Waals surface area contributed by atoms with Gasteiger partial charge in [0.1, 0.15) is 11.9 Å². The second-order valence-corrected chi connectivity index (χ2v) is 12.1. The molecule has 4 aliphatic rings. The summed E-state index contributed by atoms with van der Waals surface area (Å²) in [6.07, 6.45) is 10.8. The molecule has 4 rings (SSSR count). The summed E-state index contributed by atoms with van der Waals surface area (Å²) >= 11 is 0. The molecule has 0 bridgehead atoms. The van der Waals surface area contributed by atoms with E-state index in [4.69, 9.17) is 9.47 Å². The van der Waals surface area contributed by atoms with E-state index < -0.39 is 0 Å². The zero-order valence-corrected chi connectivity index (χ0v) is 21.4. The van der Waals surface area contributed by atoms with Gasteiger partial charge >= 0.3 is 11.9 Å². The van der Waals surface area contributed by atoms with Crippen LogP contribution < -0.4 is 0 Å². The van der Waals surface area contributed by atoms with Gasteiger partial charge in [-0.25, -0.2) is 0 Å². The average molecular weight is 461 g/mol. The van der Waals surface area contributed by atoms with Crippen molar-refractivity contribution in [1.29, 1.82) is 0 Å². The minimum atomic E-state index is -0.200. The number of esters is 2. The van der Waals surface area contributed by atoms with Crippen molar-refractivity contribution < 1.29 is 23.9 Å². The molecule has 0 saturated heterocycles. The van der Waals surface area contributed by atoms with Crippen LogP contribution in [0, 0.1) is 46.3 Å². The number of Topliss-reactive ketones (excluding diaryl/α,β-unsaturated/α-hetero) is 1. The van der Waals surface area contributed by atoms with Crippen LogP contribution in [0.15, 0.2) is 0 Å². The molecule has 4 fully saturated rings. The summed E-state index contributed by atoms with van der Waals surface area (Å²) in [6, 6.07) is 0. The third-order valence-electron chi connectivity index (χ3n) is 10.8. The van der Waals surface area contributed by atoms with Gasteiger partial charge in [0.05, 0.1) is 7.11 Å². The number of ether oxygens (including phenoxy) is 2. The van der Waals surface area contributed by atoms with Crippen molar-refractivity contribution in [3.05, 3.63) is 0 Å². The van der Waals surface area contributed by atoms with Crippen LogP contribution in [0.3, 0.4) is 0 Å². The predicted octanol–water partition coefficient (Wildman–Crippen LogP) is 5.74. The first-order valence-electron chi connectivity index (χ1n) is 13.4. The quantitative estimate of drug-likeness (QED) is 0.473. The van der Waals surface area contributed by atoms with Crippen molar-refractivity contribution in [3.63, 3.8) is 0 Å². The Hall–Kier alpha value is -1.39. The topological polar surface area (TPSA) is 69.7 Å². The molecule has 0 radical (unpaired) electrons. The van der Waals surface area contributed by atoms with Crippen LogP contribution in [0.4, 0.5) is 0 Å². The lowest BCUT2D eigenvalue weighted by atomic mass is 9.42. The number of rotatable bonds is 6. The van der Waals surface area contributed by atoms with Gasteiger partial charge in [-0.2, -0.15) is 0 Å². The van der Waals surface area contributed by atoms with Gasteiger partial charge in [-0.3, -0.25) is 14.4 Å². The molecule has 0 amide bonds. The molecule has 0 aromatic carbocycles. The zero-order valence-electron chi connectivity index (χ0n) is 21.4. The number of hydrogen-bond acceptors (Lipinski definition) is 5. The monoisotopic (exact) mass is 460 g/mol. The normalized spacial score (nSPS) is 44.4. The van der Waals surface area contributed by atoms with E-state index in [0.29, 0.717) is 35.9 Å². The van der Waals surface area contributed by atoms with Crippen molar-refractivity contribution in [2.75, 3.05) is 7.11 Å². The van der Waals surface area contributed by atoms with Crippen molar-refractivity contribution in [1.82, 2.24) is 0 Å². The molecule has 0 aromatic rings. The first-order chi connectivity index (χ1) is 15.7. The molecule has 0 heterocycles. The molecule has 4 aliphatic carbocycles. The highest BCUT2D eigenvalue weighted by molar-refractivity contribution is 5.86. The molecule has 5 nitrogen and oxygen atoms in total. The fourth-order valence-corrected chi connectivity index (χ4v) is 9.14. The highest BCUT2D eigenvalue weighted by Crippen LogP contribution is 2.68. The highest BCUT2D eigenvalue weighted by atomic mass is 16.5. The summed E-state index contributed by atoms with van der Waals surface area (Å²) in [5.74, 6) is 2.35. The van der Waals surface area contributed by atoms with Crippen LogP contribution in [0.25, 0.3) is 0 Å². The van der Waals surface area contributed by atoms with Crippen molar-refractivity contribution in [3.8, 4) is 0 Å². The van der Waals surface area contributed by atoms with Crippen molar-refractivity contribution in [2.45, 2.75) is 104 Å². The van der Waals surface area contributed by atoms with E-state index in [1.807, 2.05) is 0 Å². The van der Waals surface area contributed by atoms with Crippen LogP contribution >= 0.6 is 0 Å². The second-order valence-electron chi connectivity index (χ2n) is 12.1. The third kappa shape index (κ3) is 4.16. The summed E-state index contributed by atoms with van der Waals surface area (Å²) in [5.41, 5.74) is 0.379. The standard InChI is InChI=1S/C28H44O5/c1-6-20-23-16-19(33-17(2)29)12-14-28(23,4)22-13-15-27(3)18(8-7-9-24(30)32-5)10-11-21(27)25(22)26(20)31/h18-23,25H,6-16H2,1-5H3/t18?,19-,20-,21?,22?,23+,25?,27-,28-/m1/s1. The van der Waals surface area contributed by atoms with Crippen molar-refractivity contribution >= 4 is 17.7 Å². The minimum absolute atomic E-state index is 0.0292. The summed E-state index contributed by atoms with van der Waals surface area (Å²) in [5, 5.41) is 0. The van der Waals surface area contributed by atoms with Gasteiger partial charge in [-0.1, -0.05) is 20.8 Å². The summed E-state index contributed by atoms with van der Waals surface area (Å²) in [7, 11) is 1.46. The Morgan fingerprint density at radius 1 is 1.00 bits per heavy atom. The third-order valence-corrected chi connectivity index (χ3v) is 10.8. The highest BCUT2D eigenvalue weighted by Gasteiger charge is 2.64. The molecular weight excluding hydrogens is 416 g/mol. The van der Waals surface area contributed by atoms with E-state index in [1.165, 1.54) is 26.9 Å². The van der Waals surface area contributed by atoms with Gasteiger partial charge in [-0.05, 0) is 98.7 Å². The van der Waals surface area contributed by atoms with Gasteiger partial charge < -0.3 is 9.47 Å². The summed E-state index contributed by atoms with van der Waals surface area (Å²) in [6.45, 7) is 8.58. The van der Waals surface area contributed by atoms with Gasteiger partial charge in [0, 0.05) is 25.2 Å². The van der Waals surface area contributed by atoms with E-state index in [2.05, 4.69) is 20.8 Å². The minimum Gasteiger partial charge on any atom is -0.469 e. The molecule has 4 saturated carbocycles. The van der Waals surface area contributed by atoms with E-state index >= 15 is 0 Å². The lowest BCUT2D eigenvalue weighted by molar-refractivity contribution is -0.178. The zero-order chi connectivity index (χ0) is 24.0. The maximum absolute atomic E-state index is 14.1. The molecule has 186 valence electrons. The number of methoxy groups -OCH3 is 1. The molecule has 0 spiro atoms. The number of carbonyl (C=O) groups is 3. The molecular formula is C28H44O5. The Labute approximate surface area is 199 Å². The Morgan fingerprint density at radius 3 is 2.36 bits per heavy atom. The van der Waals surface area contributed by atoms with E-state index in [9.17, 15) is 14.4 Å². The van der Waals surface area contributed by atoms with Gasteiger partial charge in [0.25, 0.3) is 0 Å². The lowest BCUT2D eigenvalue weighted by Crippen LogP contribution is -2.60. The molecule has 9 atom stereocenters. The van der Waals surface area contributed by atoms with Crippen LogP contribution in [-0.2, 0) is 23.9 Å². The number of ketones is 1. The van der Waals surface area contributed by atoms with Crippen LogP contribution in [0.2, 0.25) is 0 Å². The van der Waals surface area contributed by atoms with Crippen LogP contribution in [0.1, 0.15) is 98.3 Å². The van der Waals surface area contributed by atoms with Crippen LogP contribution in [-0.4, -0.2) is 30.9 Å². The SMILES string of the molecule is CC[C@H]1C(=O)C2C3CCC(CCCC(=O)OC)[C@@]3(C)CCC2[C@@]2(C)CC[C@@H](OC(C)=O)C[C@@H]12. The predicted molar refractivity (Wildman–Crippen MR) is 126 cm³/mol. The summed E-state index contributed by atoms with van der Waals surface area (Å²) < 4.78 is 10.5. The summed E-state index contributed by atoms with van der Waals surface area (Å²) in [4.78, 5) is 37.3. The molecule has 0 N–H and O–H groups in total. The Kier molecular flexibility index (Phi) is 7.00. The smallest absolute Gasteiger partial charge is 0.305 e. The second kappa shape index (κ2) is 9.34. The van der Waals surface area contributed by atoms with Gasteiger partial charge in [0.15, 0.2) is 0 Å². The van der Waals surface area contributed by atoms with E-state index in [-0.39, 0.29) is 40.7 Å². The van der Waals surface area contributed by atoms with Crippen LogP contribution in [0.5, 0.6) is 0 Å². The molecule has 0 aliphatic heterocycles. The average Bonchev–Trinajstić information content (AvgIpc) is 3.11. The van der Waals surface area contributed by atoms with Crippen molar-refractivity contribution in [2.24, 2.45) is 46.3 Å². The van der Waals surface area contributed by atoms with E-state index in [1.54, 1.807) is 0 Å². The Balaban J connectivity index is 1.55. The van der Waals surface area contributed by atoms with Gasteiger partial charge in [-0.15, -0.1) is 0 Å². The number of carbonyl (C=O) groups excluding carboxylic acids is 3. The fraction of sp³-hybridized carbons (Fsp3) is 0.893. The maximum atomic E-state index is 14.1. The maximum Gasteiger partial charge on any atom is 0.305 e. The first-order valence-corrected chi connectivity index (χ1v) is 13.4. The molecule has 5 heteroatoms. The number of hydrogen-bond donors (Lipinski definition) is 0. The lowest BCUT2D eigenvalue weighted by Gasteiger charge is -2.62. The Bertz CT molecular complexity index is 776. The largest absolute Gasteiger partial charge is 0.469 e. The Morgan fingerprint density at radius 2 is 1.70 bits per heavy atom. The van der Waals surface area contributed by atoms with Gasteiger partial charge in [0.2, 0.25) is 0 Å².